The van der Waals surface area contributed by atoms with Crippen LogP contribution in [-0.2, 0) is 18.8 Å². The Morgan fingerprint density at radius 2 is 1.72 bits per heavy atom. The summed E-state index contributed by atoms with van der Waals surface area (Å²) in [6.07, 6.45) is -9.10. The number of nitrogens with zero attached hydrogens (tertiary/aromatic N) is 5. The molecule has 0 bridgehead atoms. The number of benzene rings is 2. The van der Waals surface area contributed by atoms with Crippen LogP contribution in [0, 0.1) is 0 Å². The molecule has 7 nitrogen and oxygen atoms in total. The molecule has 2 aliphatic heterocycles. The maximum Gasteiger partial charge on any atom is 0.416 e. The van der Waals surface area contributed by atoms with Crippen LogP contribution in [0.15, 0.2) is 51.4 Å². The van der Waals surface area contributed by atoms with Crippen LogP contribution in [0.4, 0.5) is 26.3 Å². The van der Waals surface area contributed by atoms with E-state index < -0.39 is 46.2 Å². The lowest BCUT2D eigenvalue weighted by atomic mass is 9.94. The van der Waals surface area contributed by atoms with Gasteiger partial charge in [-0.05, 0) is 47.7 Å². The van der Waals surface area contributed by atoms with Crippen LogP contribution in [0.3, 0.4) is 0 Å². The minimum atomic E-state index is -5.08. The van der Waals surface area contributed by atoms with Gasteiger partial charge >= 0.3 is 17.2 Å². The summed E-state index contributed by atoms with van der Waals surface area (Å²) < 4.78 is 82.7. The summed E-state index contributed by atoms with van der Waals surface area (Å²) in [6, 6.07) is 6.21. The molecule has 0 amide bonds. The van der Waals surface area contributed by atoms with Crippen molar-refractivity contribution in [3.8, 4) is 5.88 Å². The molecule has 3 heterocycles. The normalized spacial score (nSPS) is 16.8. The molecule has 0 spiro atoms. The van der Waals surface area contributed by atoms with Gasteiger partial charge in [0.15, 0.2) is 0 Å². The largest absolute Gasteiger partial charge is 0.492 e. The molecule has 2 aliphatic rings. The Morgan fingerprint density at radius 3 is 2.38 bits per heavy atom. The molecule has 1 saturated heterocycles. The van der Waals surface area contributed by atoms with E-state index in [9.17, 15) is 36.2 Å². The van der Waals surface area contributed by atoms with Crippen LogP contribution in [0.25, 0.3) is 5.57 Å². The highest BCUT2D eigenvalue weighted by molar-refractivity contribution is 7.10. The molecule has 0 saturated carbocycles. The van der Waals surface area contributed by atoms with Crippen molar-refractivity contribution in [1.82, 2.24) is 9.58 Å². The Kier molecular flexibility index (Phi) is 6.79. The lowest BCUT2D eigenvalue weighted by Crippen LogP contribution is -2.52. The second-order valence-electron chi connectivity index (χ2n) is 9.23. The minimum Gasteiger partial charge on any atom is -0.492 e. The number of alkyl halides is 6. The predicted octanol–water partition coefficient (Wildman–Crippen LogP) is 2.95. The van der Waals surface area contributed by atoms with Gasteiger partial charge in [-0.1, -0.05) is 23.5 Å². The first-order chi connectivity index (χ1) is 18.3. The highest BCUT2D eigenvalue weighted by Gasteiger charge is 2.38. The maximum absolute atomic E-state index is 14.0. The fourth-order valence-electron chi connectivity index (χ4n) is 4.57. The number of hydrogen-bond donors (Lipinski definition) is 1. The van der Waals surface area contributed by atoms with Crippen LogP contribution in [0.5, 0.6) is 5.88 Å². The molecule has 5 rings (SSSR count). The second kappa shape index (κ2) is 9.83. The number of aromatic nitrogens is 1. The number of aromatic hydroxyl groups is 1. The van der Waals surface area contributed by atoms with E-state index in [-0.39, 0.29) is 16.5 Å². The van der Waals surface area contributed by atoms with E-state index in [4.69, 9.17) is 0 Å². The summed E-state index contributed by atoms with van der Waals surface area (Å²) >= 11 is 0.658. The van der Waals surface area contributed by atoms with Crippen molar-refractivity contribution in [2.24, 2.45) is 10.2 Å². The summed E-state index contributed by atoms with van der Waals surface area (Å²) in [5, 5.41) is 21.5. The van der Waals surface area contributed by atoms with E-state index in [1.807, 2.05) is 11.9 Å². The topological polar surface area (TPSA) is 73.4 Å². The van der Waals surface area contributed by atoms with Crippen LogP contribution in [0.2, 0.25) is 0 Å². The van der Waals surface area contributed by atoms with Gasteiger partial charge in [0.25, 0.3) is 0 Å². The fourth-order valence-corrected chi connectivity index (χ4v) is 5.52. The van der Waals surface area contributed by atoms with Gasteiger partial charge in [-0.25, -0.2) is 0 Å². The van der Waals surface area contributed by atoms with Gasteiger partial charge in [-0.3, -0.25) is 4.79 Å². The van der Waals surface area contributed by atoms with Crippen LogP contribution >= 0.6 is 11.3 Å². The van der Waals surface area contributed by atoms with Crippen molar-refractivity contribution in [2.75, 3.05) is 38.2 Å². The third kappa shape index (κ3) is 5.30. The number of halogens is 6. The third-order valence-corrected chi connectivity index (χ3v) is 7.63. The Balaban J connectivity index is 1.69. The fraction of sp³-hybridized carbons (Fsp3) is 0.320. The summed E-state index contributed by atoms with van der Waals surface area (Å²) in [5.41, 5.74) is -2.59. The average Bonchev–Trinajstić information content (AvgIpc) is 3.45. The number of rotatable bonds is 4. The maximum atomic E-state index is 14.0. The highest BCUT2D eigenvalue weighted by atomic mass is 32.1. The molecule has 206 valence electrons. The van der Waals surface area contributed by atoms with Gasteiger partial charge in [0.05, 0.1) is 27.6 Å². The van der Waals surface area contributed by atoms with E-state index in [1.165, 1.54) is 6.21 Å². The van der Waals surface area contributed by atoms with Crippen LogP contribution in [0.1, 0.15) is 27.1 Å². The van der Waals surface area contributed by atoms with Crippen LogP contribution in [-0.4, -0.2) is 54.1 Å². The molecule has 0 radical (unpaired) electrons. The van der Waals surface area contributed by atoms with Crippen molar-refractivity contribution >= 4 is 23.1 Å². The molecule has 0 unspecified atom stereocenters. The van der Waals surface area contributed by atoms with Crippen molar-refractivity contribution in [3.05, 3.63) is 83.8 Å². The Hall–Kier alpha value is -3.65. The van der Waals surface area contributed by atoms with E-state index in [0.29, 0.717) is 59.7 Å². The number of fused-ring (bicyclic) bond motifs is 1. The van der Waals surface area contributed by atoms with Gasteiger partial charge in [-0.15, -0.1) is 0 Å². The molecule has 0 aliphatic carbocycles. The number of thiazole rings is 1. The smallest absolute Gasteiger partial charge is 0.416 e. The molecule has 14 heteroatoms. The zero-order valence-electron chi connectivity index (χ0n) is 20.3. The van der Waals surface area contributed by atoms with E-state index in [2.05, 4.69) is 10.2 Å². The first kappa shape index (κ1) is 26.9. The van der Waals surface area contributed by atoms with E-state index in [1.54, 1.807) is 23.2 Å². The predicted molar refractivity (Wildman–Crippen MR) is 133 cm³/mol. The highest BCUT2D eigenvalue weighted by Crippen LogP contribution is 2.39. The van der Waals surface area contributed by atoms with Crippen molar-refractivity contribution in [3.63, 3.8) is 0 Å². The molecular weight excluding hydrogens is 548 g/mol. The molecule has 1 aromatic heterocycles. The van der Waals surface area contributed by atoms with Gasteiger partial charge < -0.3 is 15.0 Å². The Bertz CT molecular complexity index is 1630. The zero-order chi connectivity index (χ0) is 28.1. The third-order valence-electron chi connectivity index (χ3n) is 6.65. The summed E-state index contributed by atoms with van der Waals surface area (Å²) in [6.45, 7) is 2.12. The van der Waals surface area contributed by atoms with Gasteiger partial charge in [0, 0.05) is 38.2 Å². The van der Waals surface area contributed by atoms with Crippen LogP contribution < -0.4 is 20.5 Å². The summed E-state index contributed by atoms with van der Waals surface area (Å²) in [4.78, 5) is 14.5. The average molecular weight is 570 g/mol. The molecule has 0 atom stereocenters. The lowest BCUT2D eigenvalue weighted by molar-refractivity contribution is -0.143. The monoisotopic (exact) mass is 569 g/mol. The first-order valence-electron chi connectivity index (χ1n) is 11.7. The Morgan fingerprint density at radius 1 is 1.00 bits per heavy atom. The minimum absolute atomic E-state index is 0.0266. The quantitative estimate of drug-likeness (QED) is 0.491. The van der Waals surface area contributed by atoms with Gasteiger partial charge in [0.1, 0.15) is 0 Å². The van der Waals surface area contributed by atoms with Gasteiger partial charge in [0.2, 0.25) is 5.88 Å². The molecule has 1 N–H and O–H groups in total. The number of hydrogen-bond acceptors (Lipinski definition) is 7. The Labute approximate surface area is 221 Å². The SMILES string of the molecule is CN1CCN(n2c(O)c(C(Cc3ccc(C(F)(F)F)cc3C(F)(F)F)=c3ccc4c(c3)C=NN=4)sc2=O)CC1. The van der Waals surface area contributed by atoms with Crippen molar-refractivity contribution < 1.29 is 31.4 Å². The number of likely N-dealkylation sites (N-methyl/N-ethyl adjacent to an activating group) is 1. The van der Waals surface area contributed by atoms with Crippen molar-refractivity contribution in [2.45, 2.75) is 18.8 Å². The zero-order valence-corrected chi connectivity index (χ0v) is 21.2. The van der Waals surface area contributed by atoms with E-state index in [0.717, 1.165) is 10.7 Å². The van der Waals surface area contributed by atoms with Crippen molar-refractivity contribution in [1.29, 1.82) is 0 Å². The molecule has 39 heavy (non-hydrogen) atoms. The second-order valence-corrected chi connectivity index (χ2v) is 10.2. The van der Waals surface area contributed by atoms with Gasteiger partial charge in [-0.2, -0.15) is 41.2 Å². The first-order valence-corrected chi connectivity index (χ1v) is 12.5. The standard InChI is InChI=1S/C25H21F6N5O2S/c1-34-6-8-35(9-7-34)36-22(37)21(39-23(36)38)18(14-3-5-20-16(10-14)13-32-33-20)11-15-2-4-17(24(26,27)28)12-19(15)25(29,30)31/h2-5,10,12-13,37H,6-9,11H2,1H3. The lowest BCUT2D eigenvalue weighted by Gasteiger charge is -2.33. The molecule has 3 aromatic rings. The summed E-state index contributed by atoms with van der Waals surface area (Å²) in [7, 11) is 1.91. The van der Waals surface area contributed by atoms with E-state index >= 15 is 0 Å². The molecular formula is C25H21F6N5O2S. The summed E-state index contributed by atoms with van der Waals surface area (Å²) in [5.74, 6) is -0.441. The molecule has 1 fully saturated rings. The molecule has 2 aromatic carbocycles. The number of piperazine rings is 1.